The minimum atomic E-state index is -0.878. The number of pyridine rings is 1. The van der Waals surface area contributed by atoms with Crippen LogP contribution in [0.3, 0.4) is 0 Å². The van der Waals surface area contributed by atoms with E-state index in [4.69, 9.17) is 9.52 Å². The van der Waals surface area contributed by atoms with E-state index in [9.17, 15) is 9.59 Å². The molecule has 3 heterocycles. The zero-order chi connectivity index (χ0) is 25.9. The molecule has 0 unspecified atom stereocenters. The molecule has 1 saturated heterocycles. The number of carbonyl (C=O) groups is 2. The highest BCUT2D eigenvalue weighted by molar-refractivity contribution is 6.05. The number of piperazine rings is 1. The summed E-state index contributed by atoms with van der Waals surface area (Å²) in [5.41, 5.74) is 4.80. The highest BCUT2D eigenvalue weighted by Gasteiger charge is 2.21. The van der Waals surface area contributed by atoms with Crippen LogP contribution in [0.1, 0.15) is 16.1 Å². The van der Waals surface area contributed by atoms with E-state index in [1.54, 1.807) is 6.07 Å². The smallest absolute Gasteiger partial charge is 0.407 e. The van der Waals surface area contributed by atoms with E-state index in [2.05, 4.69) is 20.2 Å². The quantitative estimate of drug-likeness (QED) is 0.408. The second kappa shape index (κ2) is 10.3. The Morgan fingerprint density at radius 1 is 1.00 bits per heavy atom. The summed E-state index contributed by atoms with van der Waals surface area (Å²) in [5, 5.41) is 12.1. The fourth-order valence-corrected chi connectivity index (χ4v) is 4.25. The molecule has 2 N–H and O–H groups in total. The molecule has 0 radical (unpaired) electrons. The average molecular weight is 501 g/mol. The number of benzene rings is 2. The van der Waals surface area contributed by atoms with Gasteiger partial charge in [-0.15, -0.1) is 0 Å². The lowest BCUT2D eigenvalue weighted by Crippen LogP contribution is -2.47. The van der Waals surface area contributed by atoms with Crippen molar-refractivity contribution in [1.29, 1.82) is 0 Å². The van der Waals surface area contributed by atoms with Crippen LogP contribution in [0, 0.1) is 0 Å². The number of anilines is 2. The van der Waals surface area contributed by atoms with E-state index >= 15 is 0 Å². The molecule has 0 saturated carbocycles. The molecular weight excluding hydrogens is 472 g/mol. The Bertz CT molecular complexity index is 1440. The van der Waals surface area contributed by atoms with Gasteiger partial charge in [-0.1, -0.05) is 12.1 Å². The average Bonchev–Trinajstić information content (AvgIpc) is 3.33. The topological polar surface area (TPSA) is 115 Å². The first-order valence-electron chi connectivity index (χ1n) is 12.0. The number of hydrogen-bond acceptors (Lipinski definition) is 7. The summed E-state index contributed by atoms with van der Waals surface area (Å²) in [6.07, 6.45) is -0.878. The first-order chi connectivity index (χ1) is 17.9. The number of oxazole rings is 1. The van der Waals surface area contributed by atoms with Crippen LogP contribution in [-0.2, 0) is 6.54 Å². The number of fused-ring (bicyclic) bond motifs is 1. The van der Waals surface area contributed by atoms with Gasteiger partial charge in [-0.25, -0.2) is 9.78 Å². The Labute approximate surface area is 214 Å². The Hall–Kier alpha value is -4.44. The van der Waals surface area contributed by atoms with Crippen molar-refractivity contribution in [3.63, 3.8) is 0 Å². The lowest BCUT2D eigenvalue weighted by atomic mass is 10.1. The van der Waals surface area contributed by atoms with Gasteiger partial charge in [0.1, 0.15) is 0 Å². The molecule has 190 valence electrons. The molecule has 5 rings (SSSR count). The molecule has 10 heteroatoms. The largest absolute Gasteiger partial charge is 0.465 e. The number of carboxylic acid groups (broad SMARTS) is 1. The second-order valence-electron chi connectivity index (χ2n) is 9.17. The monoisotopic (exact) mass is 500 g/mol. The minimum Gasteiger partial charge on any atom is -0.465 e. The lowest BCUT2D eigenvalue weighted by Gasteiger charge is -2.32. The van der Waals surface area contributed by atoms with Crippen LogP contribution < -0.4 is 10.2 Å². The van der Waals surface area contributed by atoms with Crippen molar-refractivity contribution < 1.29 is 19.1 Å². The zero-order valence-electron chi connectivity index (χ0n) is 20.7. The van der Waals surface area contributed by atoms with Crippen LogP contribution in [-0.4, -0.2) is 77.1 Å². The maximum Gasteiger partial charge on any atom is 0.407 e. The molecule has 10 nitrogen and oxygen atoms in total. The zero-order valence-corrected chi connectivity index (χ0v) is 20.7. The van der Waals surface area contributed by atoms with Crippen LogP contribution in [0.5, 0.6) is 0 Å². The van der Waals surface area contributed by atoms with Crippen LogP contribution in [0.2, 0.25) is 0 Å². The van der Waals surface area contributed by atoms with Gasteiger partial charge >= 0.3 is 6.09 Å². The van der Waals surface area contributed by atoms with Crippen LogP contribution >= 0.6 is 0 Å². The van der Waals surface area contributed by atoms with Gasteiger partial charge in [-0.05, 0) is 48.5 Å². The number of carbonyl (C=O) groups excluding carboxylic acids is 1. The summed E-state index contributed by atoms with van der Waals surface area (Å²) in [4.78, 5) is 38.7. The fraction of sp³-hybridized carbons (Fsp3) is 0.259. The first-order valence-corrected chi connectivity index (χ1v) is 12.0. The third kappa shape index (κ3) is 5.54. The van der Waals surface area contributed by atoms with E-state index in [0.29, 0.717) is 61.1 Å². The molecule has 2 aromatic heterocycles. The van der Waals surface area contributed by atoms with Gasteiger partial charge in [0.05, 0.1) is 5.69 Å². The summed E-state index contributed by atoms with van der Waals surface area (Å²) in [6, 6.07) is 18.5. The number of nitrogens with zero attached hydrogens (tertiary/aromatic N) is 5. The van der Waals surface area contributed by atoms with Crippen LogP contribution in [0.4, 0.5) is 16.2 Å². The Morgan fingerprint density at radius 3 is 2.54 bits per heavy atom. The summed E-state index contributed by atoms with van der Waals surface area (Å²) < 4.78 is 5.95. The number of aromatic nitrogens is 2. The van der Waals surface area contributed by atoms with Gasteiger partial charge < -0.3 is 24.6 Å². The van der Waals surface area contributed by atoms with Crippen molar-refractivity contribution >= 4 is 34.6 Å². The Morgan fingerprint density at radius 2 is 1.78 bits per heavy atom. The number of nitrogens with one attached hydrogen (secondary N) is 1. The highest BCUT2D eigenvalue weighted by Crippen LogP contribution is 2.26. The Balaban J connectivity index is 1.29. The number of amides is 2. The molecule has 1 aliphatic heterocycles. The van der Waals surface area contributed by atoms with Crippen molar-refractivity contribution in [3.05, 3.63) is 71.9 Å². The SMILES string of the molecule is CN(C)c1cccc(C(=O)Nc2cccc(-c3nc4nc(CN5CCN(C(=O)O)CC5)ccc4o3)c2)c1. The normalized spacial score (nSPS) is 14.1. The molecule has 0 bridgehead atoms. The molecule has 0 aliphatic carbocycles. The van der Waals surface area contributed by atoms with Crippen molar-refractivity contribution in [1.82, 2.24) is 19.8 Å². The molecule has 1 aliphatic rings. The molecule has 0 spiro atoms. The fourth-order valence-electron chi connectivity index (χ4n) is 4.25. The Kier molecular flexibility index (Phi) is 6.74. The molecule has 37 heavy (non-hydrogen) atoms. The summed E-state index contributed by atoms with van der Waals surface area (Å²) in [6.45, 7) is 2.91. The third-order valence-electron chi connectivity index (χ3n) is 6.33. The molecule has 4 aromatic rings. The predicted octanol–water partition coefficient (Wildman–Crippen LogP) is 4.00. The van der Waals surface area contributed by atoms with Crippen LogP contribution in [0.15, 0.2) is 65.1 Å². The molecule has 0 atom stereocenters. The minimum absolute atomic E-state index is 0.200. The van der Waals surface area contributed by atoms with Crippen molar-refractivity contribution in [3.8, 4) is 11.5 Å². The van der Waals surface area contributed by atoms with Crippen molar-refractivity contribution in [2.45, 2.75) is 6.54 Å². The predicted molar refractivity (Wildman–Crippen MR) is 141 cm³/mol. The molecule has 2 amide bonds. The molecule has 2 aromatic carbocycles. The molecule has 1 fully saturated rings. The van der Waals surface area contributed by atoms with Gasteiger partial charge in [0.2, 0.25) is 5.89 Å². The standard InChI is InChI=1S/C27H28N6O4/c1-31(2)22-8-4-5-18(16-22)25(34)29-20-7-3-6-19(15-20)26-30-24-23(37-26)10-9-21(28-24)17-32-11-13-33(14-12-32)27(35)36/h3-10,15-16H,11-14,17H2,1-2H3,(H,29,34)(H,35,36). The van der Waals surface area contributed by atoms with Gasteiger partial charge in [0.15, 0.2) is 11.2 Å². The third-order valence-corrected chi connectivity index (χ3v) is 6.33. The number of hydrogen-bond donors (Lipinski definition) is 2. The van der Waals surface area contributed by atoms with Crippen LogP contribution in [0.25, 0.3) is 22.7 Å². The van der Waals surface area contributed by atoms with E-state index in [1.807, 2.05) is 73.6 Å². The highest BCUT2D eigenvalue weighted by atomic mass is 16.4. The maximum absolute atomic E-state index is 12.8. The summed E-state index contributed by atoms with van der Waals surface area (Å²) >= 11 is 0. The van der Waals surface area contributed by atoms with Gasteiger partial charge in [0.25, 0.3) is 5.91 Å². The van der Waals surface area contributed by atoms with E-state index in [-0.39, 0.29) is 5.91 Å². The van der Waals surface area contributed by atoms with E-state index < -0.39 is 6.09 Å². The van der Waals surface area contributed by atoms with E-state index in [0.717, 1.165) is 16.9 Å². The van der Waals surface area contributed by atoms with Crippen molar-refractivity contribution in [2.24, 2.45) is 0 Å². The summed E-state index contributed by atoms with van der Waals surface area (Å²) in [5.74, 6) is 0.217. The second-order valence-corrected chi connectivity index (χ2v) is 9.17. The number of rotatable bonds is 6. The lowest BCUT2D eigenvalue weighted by molar-refractivity contribution is 0.102. The molecular formula is C27H28N6O4. The van der Waals surface area contributed by atoms with Gasteiger partial charge in [-0.3, -0.25) is 9.69 Å². The maximum atomic E-state index is 12.8. The summed E-state index contributed by atoms with van der Waals surface area (Å²) in [7, 11) is 3.86. The van der Waals surface area contributed by atoms with Gasteiger partial charge in [0, 0.05) is 69.3 Å². The van der Waals surface area contributed by atoms with E-state index in [1.165, 1.54) is 4.90 Å². The van der Waals surface area contributed by atoms with Crippen molar-refractivity contribution in [2.75, 3.05) is 50.5 Å². The first kappa shape index (κ1) is 24.3. The van der Waals surface area contributed by atoms with Gasteiger partial charge in [-0.2, -0.15) is 4.98 Å².